The SMILES string of the molecule is COCCONC(=O)[C@H](N)C(C)(C)C. The molecule has 0 spiro atoms. The molecular weight excluding hydrogens is 184 g/mol. The third-order valence-electron chi connectivity index (χ3n) is 1.78. The van der Waals surface area contributed by atoms with Gasteiger partial charge in [-0.3, -0.25) is 9.63 Å². The van der Waals surface area contributed by atoms with Crippen LogP contribution in [0.15, 0.2) is 0 Å². The number of hydroxylamine groups is 1. The third-order valence-corrected chi connectivity index (χ3v) is 1.78. The molecule has 0 radical (unpaired) electrons. The maximum absolute atomic E-state index is 11.4. The molecule has 0 aromatic heterocycles. The average molecular weight is 204 g/mol. The van der Waals surface area contributed by atoms with Gasteiger partial charge in [-0.15, -0.1) is 0 Å². The topological polar surface area (TPSA) is 73.6 Å². The van der Waals surface area contributed by atoms with Crippen LogP contribution in [-0.4, -0.2) is 32.3 Å². The van der Waals surface area contributed by atoms with Gasteiger partial charge in [-0.2, -0.15) is 0 Å². The summed E-state index contributed by atoms with van der Waals surface area (Å²) in [6, 6.07) is -0.579. The second kappa shape index (κ2) is 5.95. The van der Waals surface area contributed by atoms with E-state index in [2.05, 4.69) is 5.48 Å². The lowest BCUT2D eigenvalue weighted by atomic mass is 9.87. The zero-order valence-corrected chi connectivity index (χ0v) is 9.29. The molecule has 0 unspecified atom stereocenters. The number of nitrogens with two attached hydrogens (primary N) is 1. The number of carbonyl (C=O) groups excluding carboxylic acids is 1. The molecule has 0 saturated carbocycles. The summed E-state index contributed by atoms with van der Waals surface area (Å²) in [7, 11) is 1.56. The largest absolute Gasteiger partial charge is 0.382 e. The van der Waals surface area contributed by atoms with E-state index >= 15 is 0 Å². The van der Waals surface area contributed by atoms with Crippen LogP contribution in [0.5, 0.6) is 0 Å². The predicted molar refractivity (Wildman–Crippen MR) is 53.4 cm³/mol. The van der Waals surface area contributed by atoms with E-state index in [0.29, 0.717) is 13.2 Å². The third kappa shape index (κ3) is 5.16. The smallest absolute Gasteiger partial charge is 0.260 e. The van der Waals surface area contributed by atoms with E-state index in [9.17, 15) is 4.79 Å². The molecule has 0 saturated heterocycles. The molecule has 0 aliphatic heterocycles. The van der Waals surface area contributed by atoms with Crippen molar-refractivity contribution in [2.45, 2.75) is 26.8 Å². The summed E-state index contributed by atoms with van der Waals surface area (Å²) in [5.74, 6) is -0.311. The van der Waals surface area contributed by atoms with Gasteiger partial charge in [0.25, 0.3) is 5.91 Å². The number of amides is 1. The van der Waals surface area contributed by atoms with Crippen LogP contribution >= 0.6 is 0 Å². The highest BCUT2D eigenvalue weighted by atomic mass is 16.7. The first kappa shape index (κ1) is 13.4. The normalized spacial score (nSPS) is 13.8. The summed E-state index contributed by atoms with van der Waals surface area (Å²) in [5, 5.41) is 0. The number of hydrogen-bond donors (Lipinski definition) is 2. The van der Waals surface area contributed by atoms with E-state index in [1.807, 2.05) is 20.8 Å². The van der Waals surface area contributed by atoms with Crippen molar-refractivity contribution in [2.75, 3.05) is 20.3 Å². The molecule has 0 aliphatic carbocycles. The highest BCUT2D eigenvalue weighted by molar-refractivity contribution is 5.81. The molecule has 5 nitrogen and oxygen atoms in total. The minimum Gasteiger partial charge on any atom is -0.382 e. The van der Waals surface area contributed by atoms with Crippen LogP contribution in [0.25, 0.3) is 0 Å². The van der Waals surface area contributed by atoms with Gasteiger partial charge in [0.2, 0.25) is 0 Å². The van der Waals surface area contributed by atoms with E-state index < -0.39 is 6.04 Å². The molecule has 0 fully saturated rings. The Morgan fingerprint density at radius 2 is 2.00 bits per heavy atom. The molecule has 3 N–H and O–H groups in total. The van der Waals surface area contributed by atoms with Crippen LogP contribution in [0.4, 0.5) is 0 Å². The van der Waals surface area contributed by atoms with Gasteiger partial charge in [0.15, 0.2) is 0 Å². The first-order valence-electron chi connectivity index (χ1n) is 4.55. The van der Waals surface area contributed by atoms with Gasteiger partial charge < -0.3 is 10.5 Å². The lowest BCUT2D eigenvalue weighted by Crippen LogP contribution is -2.48. The van der Waals surface area contributed by atoms with E-state index in [4.69, 9.17) is 15.3 Å². The van der Waals surface area contributed by atoms with Gasteiger partial charge in [-0.05, 0) is 5.41 Å². The Balaban J connectivity index is 3.74. The van der Waals surface area contributed by atoms with Crippen LogP contribution < -0.4 is 11.2 Å². The minimum absolute atomic E-state index is 0.269. The Bertz CT molecular complexity index is 177. The molecule has 0 aliphatic rings. The maximum Gasteiger partial charge on any atom is 0.260 e. The molecule has 0 aromatic rings. The van der Waals surface area contributed by atoms with Crippen molar-refractivity contribution < 1.29 is 14.4 Å². The van der Waals surface area contributed by atoms with Gasteiger partial charge in [-0.25, -0.2) is 5.48 Å². The van der Waals surface area contributed by atoms with Crippen LogP contribution in [0.1, 0.15) is 20.8 Å². The number of methoxy groups -OCH3 is 1. The summed E-state index contributed by atoms with van der Waals surface area (Å²) in [6.45, 7) is 6.44. The van der Waals surface area contributed by atoms with Crippen LogP contribution in [0.3, 0.4) is 0 Å². The lowest BCUT2D eigenvalue weighted by molar-refractivity contribution is -0.138. The van der Waals surface area contributed by atoms with Crippen molar-refractivity contribution in [2.24, 2.45) is 11.1 Å². The summed E-state index contributed by atoms with van der Waals surface area (Å²) >= 11 is 0. The number of rotatable bonds is 5. The fraction of sp³-hybridized carbons (Fsp3) is 0.889. The van der Waals surface area contributed by atoms with Gasteiger partial charge in [0.1, 0.15) is 0 Å². The fourth-order valence-corrected chi connectivity index (χ4v) is 0.704. The highest BCUT2D eigenvalue weighted by Crippen LogP contribution is 2.16. The van der Waals surface area contributed by atoms with Crippen molar-refractivity contribution in [3.63, 3.8) is 0 Å². The second-order valence-corrected chi connectivity index (χ2v) is 4.15. The van der Waals surface area contributed by atoms with Crippen LogP contribution in [-0.2, 0) is 14.4 Å². The number of ether oxygens (including phenoxy) is 1. The Kier molecular flexibility index (Phi) is 5.68. The number of hydrogen-bond acceptors (Lipinski definition) is 4. The average Bonchev–Trinajstić information content (AvgIpc) is 2.09. The van der Waals surface area contributed by atoms with Crippen LogP contribution in [0.2, 0.25) is 0 Å². The molecule has 1 amide bonds. The molecule has 84 valence electrons. The van der Waals surface area contributed by atoms with Gasteiger partial charge in [0, 0.05) is 7.11 Å². The molecule has 0 heterocycles. The summed E-state index contributed by atoms with van der Waals surface area (Å²) in [4.78, 5) is 16.2. The molecule has 14 heavy (non-hydrogen) atoms. The Morgan fingerprint density at radius 3 is 2.43 bits per heavy atom. The first-order chi connectivity index (χ1) is 6.39. The predicted octanol–water partition coefficient (Wildman–Crippen LogP) is 0.0540. The minimum atomic E-state index is -0.579. The zero-order valence-electron chi connectivity index (χ0n) is 9.29. The Hall–Kier alpha value is -0.650. The standard InChI is InChI=1S/C9H20N2O3/c1-9(2,3)7(10)8(12)11-14-6-5-13-4/h7H,5-6,10H2,1-4H3,(H,11,12)/t7-/m0/s1. The molecule has 0 bridgehead atoms. The maximum atomic E-state index is 11.4. The van der Waals surface area contributed by atoms with Gasteiger partial charge in [0.05, 0.1) is 19.3 Å². The summed E-state index contributed by atoms with van der Waals surface area (Å²) < 4.78 is 4.74. The van der Waals surface area contributed by atoms with E-state index in [1.165, 1.54) is 0 Å². The van der Waals surface area contributed by atoms with Crippen LogP contribution in [0, 0.1) is 5.41 Å². The lowest BCUT2D eigenvalue weighted by Gasteiger charge is -2.25. The van der Waals surface area contributed by atoms with Crippen molar-refractivity contribution in [3.05, 3.63) is 0 Å². The zero-order chi connectivity index (χ0) is 11.2. The molecular formula is C9H20N2O3. The monoisotopic (exact) mass is 204 g/mol. The molecule has 5 heteroatoms. The van der Waals surface area contributed by atoms with E-state index in [1.54, 1.807) is 7.11 Å². The summed E-state index contributed by atoms with van der Waals surface area (Å²) in [5.41, 5.74) is 7.70. The molecule has 1 atom stereocenters. The Labute approximate surface area is 84.9 Å². The van der Waals surface area contributed by atoms with Gasteiger partial charge >= 0.3 is 0 Å². The van der Waals surface area contributed by atoms with Gasteiger partial charge in [-0.1, -0.05) is 20.8 Å². The Morgan fingerprint density at radius 1 is 1.43 bits per heavy atom. The van der Waals surface area contributed by atoms with E-state index in [-0.39, 0.29) is 11.3 Å². The van der Waals surface area contributed by atoms with Crippen molar-refractivity contribution in [1.82, 2.24) is 5.48 Å². The van der Waals surface area contributed by atoms with Crippen molar-refractivity contribution >= 4 is 5.91 Å². The second-order valence-electron chi connectivity index (χ2n) is 4.15. The quantitative estimate of drug-likeness (QED) is 0.490. The molecule has 0 aromatic carbocycles. The number of nitrogens with one attached hydrogen (secondary N) is 1. The van der Waals surface area contributed by atoms with E-state index in [0.717, 1.165) is 0 Å². The summed E-state index contributed by atoms with van der Waals surface area (Å²) in [6.07, 6.45) is 0. The highest BCUT2D eigenvalue weighted by Gasteiger charge is 2.27. The first-order valence-corrected chi connectivity index (χ1v) is 4.55. The van der Waals surface area contributed by atoms with Crippen molar-refractivity contribution in [1.29, 1.82) is 0 Å². The van der Waals surface area contributed by atoms with Crippen molar-refractivity contribution in [3.8, 4) is 0 Å². The number of carbonyl (C=O) groups is 1. The fourth-order valence-electron chi connectivity index (χ4n) is 0.704. The molecule has 0 rings (SSSR count).